The first kappa shape index (κ1) is 24.7. The molecular formula is C25H34N5O3PS. The molecule has 3 aromatic rings. The van der Waals surface area contributed by atoms with E-state index >= 15 is 0 Å². The van der Waals surface area contributed by atoms with Crippen molar-refractivity contribution in [3.63, 3.8) is 0 Å². The molecule has 0 amide bonds. The van der Waals surface area contributed by atoms with Gasteiger partial charge in [0, 0.05) is 24.3 Å². The van der Waals surface area contributed by atoms with Crippen LogP contribution >= 0.6 is 6.49 Å². The second kappa shape index (κ2) is 10.5. The fraction of sp³-hybridized carbons (Fsp3) is 0.520. The smallest absolute Gasteiger partial charge is 0.226 e. The number of anilines is 1. The molecule has 3 heterocycles. The van der Waals surface area contributed by atoms with Crippen LogP contribution in [0.5, 0.6) is 5.75 Å². The van der Waals surface area contributed by atoms with Crippen LogP contribution in [0.25, 0.3) is 22.2 Å². The lowest BCUT2D eigenvalue weighted by molar-refractivity contribution is 0.0921. The van der Waals surface area contributed by atoms with Gasteiger partial charge in [0.15, 0.2) is 6.35 Å². The average molecular weight is 516 g/mol. The first-order valence-corrected chi connectivity index (χ1v) is 15.3. The maximum Gasteiger partial charge on any atom is 0.226 e. The van der Waals surface area contributed by atoms with Crippen LogP contribution in [0.15, 0.2) is 36.8 Å². The fourth-order valence-corrected chi connectivity index (χ4v) is 7.13. The van der Waals surface area contributed by atoms with Crippen LogP contribution in [0, 0.1) is 5.92 Å². The lowest BCUT2D eigenvalue weighted by atomic mass is 9.79. The minimum atomic E-state index is -2.48. The number of benzene rings is 1. The van der Waals surface area contributed by atoms with Crippen molar-refractivity contribution in [2.45, 2.75) is 39.2 Å². The van der Waals surface area contributed by atoms with Crippen molar-refractivity contribution in [2.24, 2.45) is 5.92 Å². The summed E-state index contributed by atoms with van der Waals surface area (Å²) in [6.07, 6.45) is 7.65. The van der Waals surface area contributed by atoms with E-state index in [2.05, 4.69) is 31.7 Å². The van der Waals surface area contributed by atoms with Crippen molar-refractivity contribution in [1.29, 1.82) is 0 Å². The standard InChI is InChI=1S/C25H34N5O3PS/c1-3-32-34(35,33-4-2)17-31-21-8-5-7-19(13-21)22-15-30(25-23(22)24(26)27-16-28-25)20-11-18(12-20)14-29-9-6-10-29/h5,7-8,13,15-16,18,20H,3-4,6,9-12,14,17H2,1-2H3,(H2,26,27,28)/t18-,20+. The maximum atomic E-state index is 6.36. The summed E-state index contributed by atoms with van der Waals surface area (Å²) in [5, 5.41) is 0.893. The van der Waals surface area contributed by atoms with Crippen molar-refractivity contribution in [1.82, 2.24) is 19.4 Å². The van der Waals surface area contributed by atoms with Crippen LogP contribution in [0.1, 0.15) is 39.2 Å². The molecule has 188 valence electrons. The first-order valence-electron chi connectivity index (χ1n) is 12.4. The number of likely N-dealkylation sites (tertiary alicyclic amines) is 1. The summed E-state index contributed by atoms with van der Waals surface area (Å²) in [4.78, 5) is 11.5. The molecule has 2 aromatic heterocycles. The highest BCUT2D eigenvalue weighted by atomic mass is 32.5. The summed E-state index contributed by atoms with van der Waals surface area (Å²) in [6.45, 7) is 6.08. The second-order valence-corrected chi connectivity index (χ2v) is 13.0. The number of ether oxygens (including phenoxy) is 1. The van der Waals surface area contributed by atoms with Crippen LogP contribution in [0.3, 0.4) is 0 Å². The second-order valence-electron chi connectivity index (χ2n) is 9.30. The third kappa shape index (κ3) is 5.25. The minimum absolute atomic E-state index is 0.223. The summed E-state index contributed by atoms with van der Waals surface area (Å²) >= 11 is 5.61. The van der Waals surface area contributed by atoms with Crippen LogP contribution in [-0.2, 0) is 20.9 Å². The summed E-state index contributed by atoms with van der Waals surface area (Å²) in [5.74, 6) is 1.97. The number of hydrogen-bond donors (Lipinski definition) is 1. The van der Waals surface area contributed by atoms with Crippen LogP contribution in [-0.4, -0.2) is 58.6 Å². The van der Waals surface area contributed by atoms with E-state index < -0.39 is 6.49 Å². The summed E-state index contributed by atoms with van der Waals surface area (Å²) in [6, 6.07) is 8.41. The molecule has 0 unspecified atom stereocenters. The van der Waals surface area contributed by atoms with Crippen molar-refractivity contribution in [3.8, 4) is 16.9 Å². The Labute approximate surface area is 211 Å². The molecule has 0 bridgehead atoms. The zero-order chi connectivity index (χ0) is 24.4. The molecule has 0 atom stereocenters. The molecule has 2 fully saturated rings. The third-order valence-corrected chi connectivity index (χ3v) is 9.59. The van der Waals surface area contributed by atoms with Gasteiger partial charge in [-0.15, -0.1) is 0 Å². The average Bonchev–Trinajstić information content (AvgIpc) is 3.17. The lowest BCUT2D eigenvalue weighted by Gasteiger charge is -2.42. The van der Waals surface area contributed by atoms with E-state index in [9.17, 15) is 0 Å². The fourth-order valence-electron chi connectivity index (χ4n) is 5.02. The Balaban J connectivity index is 1.38. The molecule has 1 aliphatic heterocycles. The molecule has 2 aliphatic rings. The molecule has 2 N–H and O–H groups in total. The highest BCUT2D eigenvalue weighted by Gasteiger charge is 2.34. The van der Waals surface area contributed by atoms with E-state index in [1.165, 1.54) is 38.9 Å². The van der Waals surface area contributed by atoms with E-state index in [-0.39, 0.29) is 6.35 Å². The third-order valence-electron chi connectivity index (χ3n) is 6.89. The Morgan fingerprint density at radius 2 is 1.91 bits per heavy atom. The number of nitrogens with zero attached hydrogens (tertiary/aromatic N) is 4. The number of hydrogen-bond acceptors (Lipinski definition) is 8. The highest BCUT2D eigenvalue weighted by molar-refractivity contribution is 8.09. The van der Waals surface area contributed by atoms with Gasteiger partial charge >= 0.3 is 0 Å². The SMILES string of the molecule is CCOP(=S)(COc1cccc(-c2cn([C@H]3C[C@@H](CN4CCC4)C3)c3ncnc(N)c23)c1)OCC. The molecule has 1 saturated carbocycles. The van der Waals surface area contributed by atoms with E-state index in [1.54, 1.807) is 6.33 Å². The predicted molar refractivity (Wildman–Crippen MR) is 143 cm³/mol. The monoisotopic (exact) mass is 515 g/mol. The van der Waals surface area contributed by atoms with E-state index in [4.69, 9.17) is 31.3 Å². The van der Waals surface area contributed by atoms with E-state index in [0.29, 0.717) is 30.8 Å². The Kier molecular flexibility index (Phi) is 7.42. The van der Waals surface area contributed by atoms with Crippen molar-refractivity contribution < 1.29 is 13.8 Å². The van der Waals surface area contributed by atoms with Crippen LogP contribution in [0.2, 0.25) is 0 Å². The largest absolute Gasteiger partial charge is 0.484 e. The zero-order valence-corrected chi connectivity index (χ0v) is 22.1. The Morgan fingerprint density at radius 1 is 1.14 bits per heavy atom. The van der Waals surface area contributed by atoms with Gasteiger partial charge in [-0.25, -0.2) is 9.97 Å². The molecule has 10 heteroatoms. The quantitative estimate of drug-likeness (QED) is 0.355. The highest BCUT2D eigenvalue weighted by Crippen LogP contribution is 2.48. The summed E-state index contributed by atoms with van der Waals surface area (Å²) in [7, 11) is 0. The van der Waals surface area contributed by atoms with Gasteiger partial charge in [0.2, 0.25) is 6.49 Å². The zero-order valence-electron chi connectivity index (χ0n) is 20.4. The van der Waals surface area contributed by atoms with Gasteiger partial charge in [0.05, 0.1) is 18.6 Å². The van der Waals surface area contributed by atoms with Gasteiger partial charge < -0.3 is 29.0 Å². The van der Waals surface area contributed by atoms with Gasteiger partial charge in [-0.05, 0) is 81.6 Å². The van der Waals surface area contributed by atoms with Gasteiger partial charge in [-0.3, -0.25) is 0 Å². The molecule has 1 saturated heterocycles. The number of nitrogens with two attached hydrogens (primary N) is 1. The predicted octanol–water partition coefficient (Wildman–Crippen LogP) is 5.06. The molecule has 1 aliphatic carbocycles. The minimum Gasteiger partial charge on any atom is -0.484 e. The van der Waals surface area contributed by atoms with Crippen LogP contribution < -0.4 is 10.5 Å². The van der Waals surface area contributed by atoms with Gasteiger partial charge in [0.25, 0.3) is 0 Å². The number of fused-ring (bicyclic) bond motifs is 1. The number of nitrogen functional groups attached to an aromatic ring is 1. The lowest BCUT2D eigenvalue weighted by Crippen LogP contribution is -2.43. The number of aromatic nitrogens is 3. The van der Waals surface area contributed by atoms with Gasteiger partial charge in [-0.1, -0.05) is 12.1 Å². The molecule has 1 aromatic carbocycles. The summed E-state index contributed by atoms with van der Waals surface area (Å²) in [5.41, 5.74) is 9.28. The summed E-state index contributed by atoms with van der Waals surface area (Å²) < 4.78 is 19.8. The van der Waals surface area contributed by atoms with E-state index in [0.717, 1.165) is 28.1 Å². The molecule has 5 rings (SSSR count). The van der Waals surface area contributed by atoms with Crippen molar-refractivity contribution in [2.75, 3.05) is 44.9 Å². The van der Waals surface area contributed by atoms with Crippen molar-refractivity contribution >= 4 is 35.1 Å². The van der Waals surface area contributed by atoms with Crippen LogP contribution in [0.4, 0.5) is 5.82 Å². The Hall–Kier alpha value is -2.03. The van der Waals surface area contributed by atoms with Crippen molar-refractivity contribution in [3.05, 3.63) is 36.8 Å². The maximum absolute atomic E-state index is 6.36. The number of rotatable bonds is 11. The van der Waals surface area contributed by atoms with Gasteiger partial charge in [-0.2, -0.15) is 0 Å². The Morgan fingerprint density at radius 3 is 2.60 bits per heavy atom. The molecule has 0 radical (unpaired) electrons. The molecule has 0 spiro atoms. The first-order chi connectivity index (χ1) is 17.0. The molecular weight excluding hydrogens is 481 g/mol. The van der Waals surface area contributed by atoms with E-state index in [1.807, 2.05) is 32.0 Å². The topological polar surface area (TPSA) is 87.7 Å². The molecule has 8 nitrogen and oxygen atoms in total. The van der Waals surface area contributed by atoms with Gasteiger partial charge in [0.1, 0.15) is 23.5 Å². The normalized spacial score (nSPS) is 20.5. The molecule has 35 heavy (non-hydrogen) atoms. The Bertz CT molecular complexity index is 1220.